The Morgan fingerprint density at radius 3 is 2.38 bits per heavy atom. The minimum atomic E-state index is -5.02. The number of nitrogens with one attached hydrogen (secondary N) is 1. The Morgan fingerprint density at radius 1 is 1.00 bits per heavy atom. The maximum Gasteiger partial charge on any atom is 0.573 e. The van der Waals surface area contributed by atoms with Gasteiger partial charge in [0.2, 0.25) is 0 Å². The first kappa shape index (κ1) is 17.8. The van der Waals surface area contributed by atoms with E-state index >= 15 is 0 Å². The maximum atomic E-state index is 12.6. The molecule has 1 N–H and O–H groups in total. The Kier molecular flexibility index (Phi) is 4.60. The van der Waals surface area contributed by atoms with E-state index < -0.39 is 27.0 Å². The molecule has 3 rings (SSSR count). The lowest BCUT2D eigenvalue weighted by Gasteiger charge is -2.16. The van der Waals surface area contributed by atoms with E-state index in [1.54, 1.807) is 30.5 Å². The molecule has 0 saturated carbocycles. The number of alkyl halides is 3. The molecule has 0 spiro atoms. The number of para-hydroxylation sites is 3. The molecule has 0 aliphatic carbocycles. The summed E-state index contributed by atoms with van der Waals surface area (Å²) in [5.41, 5.74) is 0.563. The molecule has 2 aromatic carbocycles. The van der Waals surface area contributed by atoms with Gasteiger partial charge in [0.15, 0.2) is 0 Å². The second-order valence-electron chi connectivity index (χ2n) is 5.07. The number of rotatable bonds is 5. The minimum Gasteiger partial charge on any atom is -0.404 e. The third-order valence-electron chi connectivity index (χ3n) is 3.26. The summed E-state index contributed by atoms with van der Waals surface area (Å²) in [6.45, 7) is 0. The van der Waals surface area contributed by atoms with Crippen LogP contribution in [-0.4, -0.2) is 24.6 Å². The fraction of sp³-hybridized carbons (Fsp3) is 0.0625. The molecule has 0 radical (unpaired) electrons. The molecule has 136 valence electrons. The second kappa shape index (κ2) is 6.71. The normalized spacial score (nSPS) is 12.0. The summed E-state index contributed by atoms with van der Waals surface area (Å²) in [4.78, 5) is -0.632. The predicted octanol–water partition coefficient (Wildman–Crippen LogP) is 3.57. The van der Waals surface area contributed by atoms with Gasteiger partial charge in [0, 0.05) is 12.4 Å². The van der Waals surface area contributed by atoms with Crippen LogP contribution in [0, 0.1) is 0 Å². The SMILES string of the molecule is O=S(=O)(Nc1ccccc1-n1cccn1)c1ccccc1OC(F)(F)F. The Hall–Kier alpha value is -3.01. The number of ether oxygens (including phenoxy) is 1. The Bertz CT molecular complexity index is 1000. The highest BCUT2D eigenvalue weighted by atomic mass is 32.2. The third-order valence-corrected chi connectivity index (χ3v) is 4.67. The number of sulfonamides is 1. The van der Waals surface area contributed by atoms with Crippen LogP contribution in [0.25, 0.3) is 5.69 Å². The summed E-state index contributed by atoms with van der Waals surface area (Å²) in [5, 5.41) is 4.02. The van der Waals surface area contributed by atoms with E-state index in [2.05, 4.69) is 14.6 Å². The van der Waals surface area contributed by atoms with Crippen molar-refractivity contribution in [3.63, 3.8) is 0 Å². The quantitative estimate of drug-likeness (QED) is 0.731. The molecule has 0 bridgehead atoms. The van der Waals surface area contributed by atoms with Crippen molar-refractivity contribution in [3.8, 4) is 11.4 Å². The van der Waals surface area contributed by atoms with Gasteiger partial charge in [-0.2, -0.15) is 5.10 Å². The number of hydrogen-bond acceptors (Lipinski definition) is 4. The van der Waals surface area contributed by atoms with Gasteiger partial charge in [-0.05, 0) is 30.3 Å². The van der Waals surface area contributed by atoms with Crippen molar-refractivity contribution in [2.75, 3.05) is 4.72 Å². The summed E-state index contributed by atoms with van der Waals surface area (Å²) in [6, 6.07) is 12.5. The summed E-state index contributed by atoms with van der Waals surface area (Å²) < 4.78 is 70.4. The highest BCUT2D eigenvalue weighted by molar-refractivity contribution is 7.92. The Balaban J connectivity index is 2.00. The molecule has 0 saturated heterocycles. The van der Waals surface area contributed by atoms with E-state index in [0.29, 0.717) is 5.69 Å². The number of nitrogens with zero attached hydrogens (tertiary/aromatic N) is 2. The van der Waals surface area contributed by atoms with Gasteiger partial charge in [0.1, 0.15) is 10.6 Å². The minimum absolute atomic E-state index is 0.151. The molecule has 0 amide bonds. The molecule has 0 atom stereocenters. The Morgan fingerprint density at radius 2 is 1.69 bits per heavy atom. The highest BCUT2D eigenvalue weighted by Gasteiger charge is 2.34. The van der Waals surface area contributed by atoms with E-state index in [9.17, 15) is 21.6 Å². The monoisotopic (exact) mass is 383 g/mol. The zero-order valence-corrected chi connectivity index (χ0v) is 13.8. The topological polar surface area (TPSA) is 73.2 Å². The van der Waals surface area contributed by atoms with Crippen LogP contribution in [-0.2, 0) is 10.0 Å². The van der Waals surface area contributed by atoms with Crippen LogP contribution >= 0.6 is 0 Å². The first-order valence-corrected chi connectivity index (χ1v) is 8.71. The van der Waals surface area contributed by atoms with Crippen LogP contribution in [0.1, 0.15) is 0 Å². The van der Waals surface area contributed by atoms with Gasteiger partial charge in [-0.25, -0.2) is 13.1 Å². The van der Waals surface area contributed by atoms with E-state index in [1.165, 1.54) is 29.1 Å². The van der Waals surface area contributed by atoms with Crippen molar-refractivity contribution in [3.05, 3.63) is 67.0 Å². The number of hydrogen-bond donors (Lipinski definition) is 1. The zero-order valence-electron chi connectivity index (χ0n) is 13.0. The van der Waals surface area contributed by atoms with Gasteiger partial charge in [-0.15, -0.1) is 13.2 Å². The first-order valence-electron chi connectivity index (χ1n) is 7.23. The van der Waals surface area contributed by atoms with Gasteiger partial charge in [-0.3, -0.25) is 4.72 Å². The van der Waals surface area contributed by atoms with Crippen LogP contribution in [0.15, 0.2) is 71.9 Å². The number of benzene rings is 2. The second-order valence-corrected chi connectivity index (χ2v) is 6.72. The number of anilines is 1. The van der Waals surface area contributed by atoms with E-state index in [1.807, 2.05) is 0 Å². The lowest BCUT2D eigenvalue weighted by Crippen LogP contribution is -2.21. The third kappa shape index (κ3) is 3.97. The van der Waals surface area contributed by atoms with Crippen LogP contribution in [0.5, 0.6) is 5.75 Å². The molecule has 1 heterocycles. The van der Waals surface area contributed by atoms with Crippen LogP contribution in [0.3, 0.4) is 0 Å². The van der Waals surface area contributed by atoms with Crippen molar-refractivity contribution in [1.82, 2.24) is 9.78 Å². The molecule has 0 aliphatic heterocycles. The average molecular weight is 383 g/mol. The van der Waals surface area contributed by atoms with Crippen molar-refractivity contribution in [1.29, 1.82) is 0 Å². The predicted molar refractivity (Wildman–Crippen MR) is 87.5 cm³/mol. The van der Waals surface area contributed by atoms with Gasteiger partial charge in [0.25, 0.3) is 10.0 Å². The summed E-state index contributed by atoms with van der Waals surface area (Å²) >= 11 is 0. The molecular weight excluding hydrogens is 371 g/mol. The van der Waals surface area contributed by atoms with Crippen LogP contribution in [0.4, 0.5) is 18.9 Å². The van der Waals surface area contributed by atoms with Crippen LogP contribution in [0.2, 0.25) is 0 Å². The number of halogens is 3. The van der Waals surface area contributed by atoms with Crippen molar-refractivity contribution >= 4 is 15.7 Å². The summed E-state index contributed by atoms with van der Waals surface area (Å²) in [5.74, 6) is -0.816. The average Bonchev–Trinajstić information content (AvgIpc) is 3.08. The molecular formula is C16H12F3N3O3S. The smallest absolute Gasteiger partial charge is 0.404 e. The van der Waals surface area contributed by atoms with Gasteiger partial charge >= 0.3 is 6.36 Å². The maximum absolute atomic E-state index is 12.6. The zero-order chi connectivity index (χ0) is 18.8. The molecule has 1 aromatic heterocycles. The molecule has 3 aromatic rings. The van der Waals surface area contributed by atoms with E-state index in [0.717, 1.165) is 12.1 Å². The molecule has 0 fully saturated rings. The molecule has 0 unspecified atom stereocenters. The lowest BCUT2D eigenvalue weighted by molar-refractivity contribution is -0.275. The lowest BCUT2D eigenvalue weighted by atomic mass is 10.3. The Labute approximate surface area is 146 Å². The van der Waals surface area contributed by atoms with Crippen molar-refractivity contribution < 1.29 is 26.3 Å². The van der Waals surface area contributed by atoms with E-state index in [-0.39, 0.29) is 5.69 Å². The van der Waals surface area contributed by atoms with Crippen molar-refractivity contribution in [2.24, 2.45) is 0 Å². The number of aromatic nitrogens is 2. The van der Waals surface area contributed by atoms with Crippen molar-refractivity contribution in [2.45, 2.75) is 11.3 Å². The summed E-state index contributed by atoms with van der Waals surface area (Å²) in [6.07, 6.45) is -1.90. The first-order chi connectivity index (χ1) is 12.3. The van der Waals surface area contributed by atoms with Gasteiger partial charge in [-0.1, -0.05) is 24.3 Å². The standard InChI is InChI=1S/C16H12F3N3O3S/c17-16(18,19)25-14-8-3-4-9-15(14)26(23,24)21-12-6-1-2-7-13(12)22-11-5-10-20-22/h1-11,21H. The highest BCUT2D eigenvalue weighted by Crippen LogP contribution is 2.31. The molecule has 0 aliphatic rings. The molecule has 10 heteroatoms. The van der Waals surface area contributed by atoms with E-state index in [4.69, 9.17) is 0 Å². The molecule has 26 heavy (non-hydrogen) atoms. The largest absolute Gasteiger partial charge is 0.573 e. The molecule has 6 nitrogen and oxygen atoms in total. The fourth-order valence-electron chi connectivity index (χ4n) is 2.25. The fourth-order valence-corrected chi connectivity index (χ4v) is 3.46. The summed E-state index contributed by atoms with van der Waals surface area (Å²) in [7, 11) is -4.35. The van der Waals surface area contributed by atoms with Gasteiger partial charge in [0.05, 0.1) is 11.4 Å². The van der Waals surface area contributed by atoms with Crippen LogP contribution < -0.4 is 9.46 Å². The van der Waals surface area contributed by atoms with Gasteiger partial charge < -0.3 is 4.74 Å².